The Morgan fingerprint density at radius 3 is 2.30 bits per heavy atom. The van der Waals surface area contributed by atoms with E-state index in [-0.39, 0.29) is 17.2 Å². The van der Waals surface area contributed by atoms with Gasteiger partial charge < -0.3 is 4.74 Å². The highest BCUT2D eigenvalue weighted by molar-refractivity contribution is 5.94. The minimum atomic E-state index is -0.634. The normalized spacial score (nSPS) is 10.6. The number of hydrogen-bond donors (Lipinski definition) is 1. The Morgan fingerprint density at radius 2 is 1.70 bits per heavy atom. The van der Waals surface area contributed by atoms with E-state index in [1.54, 1.807) is 36.4 Å². The van der Waals surface area contributed by atoms with Gasteiger partial charge in [-0.15, -0.1) is 0 Å². The van der Waals surface area contributed by atoms with E-state index >= 15 is 0 Å². The number of ether oxygens (including phenoxy) is 1. The number of nitrogens with zero attached hydrogens (tertiary/aromatic N) is 3. The highest BCUT2D eigenvalue weighted by Gasteiger charge is 2.11. The summed E-state index contributed by atoms with van der Waals surface area (Å²) in [6.45, 7) is 1.83. The summed E-state index contributed by atoms with van der Waals surface area (Å²) in [5.41, 5.74) is 4.37. The first-order chi connectivity index (χ1) is 14.4. The zero-order chi connectivity index (χ0) is 21.5. The first-order valence-corrected chi connectivity index (χ1v) is 8.75. The van der Waals surface area contributed by atoms with Crippen LogP contribution in [0.3, 0.4) is 0 Å². The van der Waals surface area contributed by atoms with Gasteiger partial charge in [-0.25, -0.2) is 10.2 Å². The van der Waals surface area contributed by atoms with Crippen LogP contribution >= 0.6 is 0 Å². The monoisotopic (exact) mass is 404 g/mol. The highest BCUT2D eigenvalue weighted by atomic mass is 16.6. The fourth-order valence-corrected chi connectivity index (χ4v) is 2.34. The number of esters is 1. The molecule has 9 heteroatoms. The third-order valence-electron chi connectivity index (χ3n) is 3.96. The van der Waals surface area contributed by atoms with Crippen molar-refractivity contribution >= 4 is 23.8 Å². The van der Waals surface area contributed by atoms with E-state index in [1.165, 1.54) is 36.7 Å². The third kappa shape index (κ3) is 5.32. The van der Waals surface area contributed by atoms with Gasteiger partial charge in [0.2, 0.25) is 0 Å². The molecule has 150 valence electrons. The van der Waals surface area contributed by atoms with E-state index in [4.69, 9.17) is 4.74 Å². The van der Waals surface area contributed by atoms with Crippen LogP contribution in [0.5, 0.6) is 5.75 Å². The lowest BCUT2D eigenvalue weighted by molar-refractivity contribution is -0.384. The molecule has 2 aromatic carbocycles. The number of hydrazone groups is 1. The molecule has 30 heavy (non-hydrogen) atoms. The van der Waals surface area contributed by atoms with Crippen molar-refractivity contribution < 1.29 is 19.2 Å². The van der Waals surface area contributed by atoms with Crippen LogP contribution in [-0.4, -0.2) is 28.0 Å². The SMILES string of the molecule is Cc1ccc(C(=O)N/N=C\c2ccc(OC(=O)c3ccc([N+](=O)[O-])cc3)cc2)cn1. The minimum Gasteiger partial charge on any atom is -0.423 e. The van der Waals surface area contributed by atoms with Gasteiger partial charge in [0.25, 0.3) is 11.6 Å². The zero-order valence-corrected chi connectivity index (χ0v) is 15.8. The van der Waals surface area contributed by atoms with Crippen LogP contribution in [0.15, 0.2) is 72.0 Å². The van der Waals surface area contributed by atoms with Gasteiger partial charge in [0, 0.05) is 24.0 Å². The van der Waals surface area contributed by atoms with Crippen molar-refractivity contribution in [3.63, 3.8) is 0 Å². The fraction of sp³-hybridized carbons (Fsp3) is 0.0476. The molecule has 0 radical (unpaired) electrons. The summed E-state index contributed by atoms with van der Waals surface area (Å²) < 4.78 is 5.24. The maximum atomic E-state index is 12.1. The van der Waals surface area contributed by atoms with Crippen molar-refractivity contribution in [1.82, 2.24) is 10.4 Å². The summed E-state index contributed by atoms with van der Waals surface area (Å²) in [6, 6.07) is 14.9. The molecule has 0 aliphatic heterocycles. The molecular formula is C21H16N4O5. The Bertz CT molecular complexity index is 1090. The predicted octanol–water partition coefficient (Wildman–Crippen LogP) is 3.28. The van der Waals surface area contributed by atoms with Crippen molar-refractivity contribution in [2.24, 2.45) is 5.10 Å². The van der Waals surface area contributed by atoms with Gasteiger partial charge >= 0.3 is 5.97 Å². The van der Waals surface area contributed by atoms with Gasteiger partial charge in [-0.1, -0.05) is 0 Å². The number of nitro groups is 1. The van der Waals surface area contributed by atoms with Crippen LogP contribution in [0.25, 0.3) is 0 Å². The molecule has 0 atom stereocenters. The molecule has 1 amide bonds. The number of carbonyl (C=O) groups excluding carboxylic acids is 2. The van der Waals surface area contributed by atoms with E-state index < -0.39 is 10.9 Å². The first-order valence-electron chi connectivity index (χ1n) is 8.75. The minimum absolute atomic E-state index is 0.110. The standard InChI is InChI=1S/C21H16N4O5/c1-14-2-5-17(13-22-14)20(26)24-23-12-15-3-10-19(11-4-15)30-21(27)16-6-8-18(9-7-16)25(28)29/h2-13H,1H3,(H,24,26)/b23-12-. The number of amides is 1. The van der Waals surface area contributed by atoms with E-state index in [9.17, 15) is 19.7 Å². The van der Waals surface area contributed by atoms with Crippen LogP contribution in [0.1, 0.15) is 32.0 Å². The van der Waals surface area contributed by atoms with Gasteiger partial charge in [0.15, 0.2) is 0 Å². The molecular weight excluding hydrogens is 388 g/mol. The molecule has 1 heterocycles. The Balaban J connectivity index is 1.55. The molecule has 1 aromatic heterocycles. The quantitative estimate of drug-likeness (QED) is 0.221. The maximum Gasteiger partial charge on any atom is 0.343 e. The molecule has 0 saturated carbocycles. The topological polar surface area (TPSA) is 124 Å². The largest absolute Gasteiger partial charge is 0.423 e. The van der Waals surface area contributed by atoms with Crippen LogP contribution < -0.4 is 10.2 Å². The Kier molecular flexibility index (Phi) is 6.23. The summed E-state index contributed by atoms with van der Waals surface area (Å²) >= 11 is 0. The molecule has 0 spiro atoms. The van der Waals surface area contributed by atoms with Crippen molar-refractivity contribution in [3.05, 3.63) is 99.4 Å². The number of non-ortho nitro benzene ring substituents is 1. The lowest BCUT2D eigenvalue weighted by atomic mass is 10.2. The zero-order valence-electron chi connectivity index (χ0n) is 15.8. The molecule has 0 saturated heterocycles. The molecule has 0 fully saturated rings. The molecule has 0 unspecified atom stereocenters. The van der Waals surface area contributed by atoms with Crippen molar-refractivity contribution in [3.8, 4) is 5.75 Å². The average molecular weight is 404 g/mol. The summed E-state index contributed by atoms with van der Waals surface area (Å²) in [4.78, 5) is 38.2. The van der Waals surface area contributed by atoms with Gasteiger partial charge in [-0.2, -0.15) is 5.10 Å². The smallest absolute Gasteiger partial charge is 0.343 e. The van der Waals surface area contributed by atoms with Crippen LogP contribution in [0.2, 0.25) is 0 Å². The summed E-state index contributed by atoms with van der Waals surface area (Å²) in [7, 11) is 0. The van der Waals surface area contributed by atoms with Gasteiger partial charge in [0.1, 0.15) is 5.75 Å². The van der Waals surface area contributed by atoms with E-state index in [2.05, 4.69) is 15.5 Å². The van der Waals surface area contributed by atoms with Crippen molar-refractivity contribution in [2.75, 3.05) is 0 Å². The molecule has 0 bridgehead atoms. The Labute approximate surface area is 171 Å². The number of carbonyl (C=O) groups is 2. The van der Waals surface area contributed by atoms with E-state index in [0.717, 1.165) is 5.69 Å². The lowest BCUT2D eigenvalue weighted by Crippen LogP contribution is -2.17. The molecule has 1 N–H and O–H groups in total. The number of aromatic nitrogens is 1. The van der Waals surface area contributed by atoms with Crippen molar-refractivity contribution in [1.29, 1.82) is 0 Å². The number of nitrogens with one attached hydrogen (secondary N) is 1. The fourth-order valence-electron chi connectivity index (χ4n) is 2.34. The molecule has 3 rings (SSSR count). The van der Waals surface area contributed by atoms with E-state index in [1.807, 2.05) is 6.92 Å². The number of benzene rings is 2. The number of rotatable bonds is 6. The number of nitro benzene ring substituents is 1. The Hall–Kier alpha value is -4.40. The van der Waals surface area contributed by atoms with Crippen LogP contribution in [0.4, 0.5) is 5.69 Å². The van der Waals surface area contributed by atoms with Crippen molar-refractivity contribution in [2.45, 2.75) is 6.92 Å². The molecule has 0 aliphatic rings. The molecule has 3 aromatic rings. The van der Waals surface area contributed by atoms with Crippen LogP contribution in [-0.2, 0) is 0 Å². The maximum absolute atomic E-state index is 12.1. The molecule has 9 nitrogen and oxygen atoms in total. The van der Waals surface area contributed by atoms with Crippen LogP contribution in [0, 0.1) is 17.0 Å². The molecule has 0 aliphatic carbocycles. The summed E-state index contributed by atoms with van der Waals surface area (Å²) in [5.74, 6) is -0.719. The second-order valence-electron chi connectivity index (χ2n) is 6.15. The average Bonchev–Trinajstić information content (AvgIpc) is 2.75. The third-order valence-corrected chi connectivity index (χ3v) is 3.96. The number of hydrogen-bond acceptors (Lipinski definition) is 7. The predicted molar refractivity (Wildman–Crippen MR) is 109 cm³/mol. The van der Waals surface area contributed by atoms with E-state index in [0.29, 0.717) is 16.9 Å². The first kappa shape index (κ1) is 20.3. The second-order valence-corrected chi connectivity index (χ2v) is 6.15. The lowest BCUT2D eigenvalue weighted by Gasteiger charge is -2.04. The second kappa shape index (κ2) is 9.20. The van der Waals surface area contributed by atoms with Gasteiger partial charge in [-0.05, 0) is 61.0 Å². The Morgan fingerprint density at radius 1 is 1.03 bits per heavy atom. The summed E-state index contributed by atoms with van der Waals surface area (Å²) in [6.07, 6.45) is 2.91. The number of pyridine rings is 1. The van der Waals surface area contributed by atoms with Gasteiger partial charge in [0.05, 0.1) is 22.3 Å². The number of aryl methyl sites for hydroxylation is 1. The highest BCUT2D eigenvalue weighted by Crippen LogP contribution is 2.16. The summed E-state index contributed by atoms with van der Waals surface area (Å²) in [5, 5.41) is 14.5. The van der Waals surface area contributed by atoms with Gasteiger partial charge in [-0.3, -0.25) is 19.9 Å².